The van der Waals surface area contributed by atoms with Gasteiger partial charge in [0.1, 0.15) is 11.4 Å². The van der Waals surface area contributed by atoms with Gasteiger partial charge >= 0.3 is 0 Å². The van der Waals surface area contributed by atoms with Gasteiger partial charge in [0.25, 0.3) is 0 Å². The van der Waals surface area contributed by atoms with Crippen molar-refractivity contribution in [3.05, 3.63) is 23.9 Å². The molecule has 0 fully saturated rings. The number of H-pyrrole nitrogens is 1. The first-order valence-electron chi connectivity index (χ1n) is 3.96. The minimum atomic E-state index is -1.30. The minimum absolute atomic E-state index is 0.0982. The first kappa shape index (κ1) is 8.55. The number of carbonyl (C=O) groups is 1. The van der Waals surface area contributed by atoms with Gasteiger partial charge in [-0.1, -0.05) is 0 Å². The van der Waals surface area contributed by atoms with E-state index in [0.717, 1.165) is 0 Å². The number of rotatable bonds is 2. The number of nitrogens with zero attached hydrogens (tertiary/aromatic N) is 1. The number of nitrogens with one attached hydrogen (secondary N) is 1. The molecule has 1 N–H and O–H groups in total. The molecule has 5 nitrogen and oxygen atoms in total. The zero-order valence-electron chi connectivity index (χ0n) is 7.40. The predicted molar refractivity (Wildman–Crippen MR) is 47.0 cm³/mol. The number of fused-ring (bicyclic) bond motifs is 1. The third-order valence-corrected chi connectivity index (χ3v) is 1.96. The van der Waals surface area contributed by atoms with Gasteiger partial charge in [-0.25, -0.2) is 0 Å². The van der Waals surface area contributed by atoms with Crippen molar-refractivity contribution in [1.82, 2.24) is 10.2 Å². The van der Waals surface area contributed by atoms with Crippen molar-refractivity contribution in [1.29, 1.82) is 0 Å². The molecule has 0 saturated heterocycles. The van der Waals surface area contributed by atoms with Gasteiger partial charge in [0, 0.05) is 5.39 Å². The standard InChI is InChI=1S/C9H8N2O3/c1-14-5-2-3-7-6(4-5)8(9(12)13)11-10-7/h2-4H,1H3,(H,10,11)(H,12,13)/p-1. The first-order valence-corrected chi connectivity index (χ1v) is 3.96. The van der Waals surface area contributed by atoms with Crippen LogP contribution in [0.4, 0.5) is 0 Å². The lowest BCUT2D eigenvalue weighted by atomic mass is 10.2. The van der Waals surface area contributed by atoms with Crippen LogP contribution in [-0.2, 0) is 0 Å². The van der Waals surface area contributed by atoms with Crippen LogP contribution < -0.4 is 9.84 Å². The SMILES string of the molecule is COc1ccc2[nH]nc(C(=O)[O-])c2c1. The summed E-state index contributed by atoms with van der Waals surface area (Å²) in [5, 5.41) is 17.4. The number of carbonyl (C=O) groups excluding carboxylic acids is 1. The number of hydrogen-bond acceptors (Lipinski definition) is 4. The van der Waals surface area contributed by atoms with E-state index in [1.807, 2.05) is 0 Å². The second-order valence-corrected chi connectivity index (χ2v) is 2.77. The monoisotopic (exact) mass is 191 g/mol. The molecule has 0 spiro atoms. The topological polar surface area (TPSA) is 78.0 Å². The van der Waals surface area contributed by atoms with Crippen LogP contribution >= 0.6 is 0 Å². The number of benzene rings is 1. The van der Waals surface area contributed by atoms with Crippen LogP contribution in [0.3, 0.4) is 0 Å². The summed E-state index contributed by atoms with van der Waals surface area (Å²) in [6.45, 7) is 0. The zero-order chi connectivity index (χ0) is 10.1. The van der Waals surface area contributed by atoms with Gasteiger partial charge in [0.15, 0.2) is 0 Å². The predicted octanol–water partition coefficient (Wildman–Crippen LogP) is -0.0650. The highest BCUT2D eigenvalue weighted by molar-refractivity contribution is 6.00. The second kappa shape index (κ2) is 3.02. The number of carboxylic acid groups (broad SMARTS) is 1. The highest BCUT2D eigenvalue weighted by atomic mass is 16.5. The Balaban J connectivity index is 2.69. The molecular weight excluding hydrogens is 184 g/mol. The molecule has 0 aliphatic carbocycles. The summed E-state index contributed by atoms with van der Waals surface area (Å²) in [6.07, 6.45) is 0. The van der Waals surface area contributed by atoms with E-state index < -0.39 is 5.97 Å². The summed E-state index contributed by atoms with van der Waals surface area (Å²) in [4.78, 5) is 10.6. The van der Waals surface area contributed by atoms with Gasteiger partial charge < -0.3 is 14.6 Å². The Bertz CT molecular complexity index is 490. The van der Waals surface area contributed by atoms with Crippen LogP contribution in [0, 0.1) is 0 Å². The third kappa shape index (κ3) is 1.19. The number of aromatic carboxylic acids is 1. The molecule has 0 unspecified atom stereocenters. The second-order valence-electron chi connectivity index (χ2n) is 2.77. The van der Waals surface area contributed by atoms with Crippen molar-refractivity contribution >= 4 is 16.9 Å². The van der Waals surface area contributed by atoms with Crippen molar-refractivity contribution in [2.45, 2.75) is 0 Å². The average molecular weight is 191 g/mol. The largest absolute Gasteiger partial charge is 0.543 e. The van der Waals surface area contributed by atoms with Crippen LogP contribution in [-0.4, -0.2) is 23.3 Å². The Hall–Kier alpha value is -2.04. The molecular formula is C9H7N2O3-. The van der Waals surface area contributed by atoms with Crippen molar-refractivity contribution in [3.8, 4) is 5.75 Å². The van der Waals surface area contributed by atoms with E-state index in [1.54, 1.807) is 18.2 Å². The normalized spacial score (nSPS) is 10.4. The fraction of sp³-hybridized carbons (Fsp3) is 0.111. The van der Waals surface area contributed by atoms with Crippen LogP contribution in [0.15, 0.2) is 18.2 Å². The first-order chi connectivity index (χ1) is 6.72. The third-order valence-electron chi connectivity index (χ3n) is 1.96. The summed E-state index contributed by atoms with van der Waals surface area (Å²) in [7, 11) is 1.51. The van der Waals surface area contributed by atoms with E-state index in [4.69, 9.17) is 4.74 Å². The van der Waals surface area contributed by atoms with Crippen molar-refractivity contribution in [3.63, 3.8) is 0 Å². The van der Waals surface area contributed by atoms with Crippen molar-refractivity contribution in [2.24, 2.45) is 0 Å². The van der Waals surface area contributed by atoms with E-state index in [2.05, 4.69) is 10.2 Å². The van der Waals surface area contributed by atoms with Gasteiger partial charge in [-0.3, -0.25) is 5.10 Å². The quantitative estimate of drug-likeness (QED) is 0.721. The van der Waals surface area contributed by atoms with Crippen LogP contribution in [0.5, 0.6) is 5.75 Å². The lowest BCUT2D eigenvalue weighted by Crippen LogP contribution is -2.22. The molecule has 2 rings (SSSR count). The fourth-order valence-corrected chi connectivity index (χ4v) is 1.28. The number of hydrogen-bond donors (Lipinski definition) is 1. The highest BCUT2D eigenvalue weighted by Crippen LogP contribution is 2.21. The van der Waals surface area contributed by atoms with E-state index in [1.165, 1.54) is 7.11 Å². The lowest BCUT2D eigenvalue weighted by Gasteiger charge is -2.00. The molecule has 5 heteroatoms. The lowest BCUT2D eigenvalue weighted by molar-refractivity contribution is -0.255. The molecule has 0 atom stereocenters. The fourth-order valence-electron chi connectivity index (χ4n) is 1.28. The van der Waals surface area contributed by atoms with Crippen molar-refractivity contribution < 1.29 is 14.6 Å². The highest BCUT2D eigenvalue weighted by Gasteiger charge is 2.06. The summed E-state index contributed by atoms with van der Waals surface area (Å²) in [5.41, 5.74) is 0.545. The molecule has 72 valence electrons. The molecule has 0 bridgehead atoms. The van der Waals surface area contributed by atoms with Crippen LogP contribution in [0.25, 0.3) is 10.9 Å². The molecule has 1 aromatic heterocycles. The Morgan fingerprint density at radius 3 is 3.00 bits per heavy atom. The van der Waals surface area contributed by atoms with Gasteiger partial charge in [0.2, 0.25) is 0 Å². The van der Waals surface area contributed by atoms with Gasteiger partial charge in [-0.05, 0) is 18.2 Å². The van der Waals surface area contributed by atoms with Gasteiger partial charge in [-0.2, -0.15) is 5.10 Å². The minimum Gasteiger partial charge on any atom is -0.543 e. The maximum Gasteiger partial charge on any atom is 0.119 e. The molecule has 0 radical (unpaired) electrons. The molecule has 0 aliphatic heterocycles. The van der Waals surface area contributed by atoms with Crippen molar-refractivity contribution in [2.75, 3.05) is 7.11 Å². The van der Waals surface area contributed by atoms with Crippen LogP contribution in [0.2, 0.25) is 0 Å². The Labute approximate surface area is 79.3 Å². The van der Waals surface area contributed by atoms with E-state index in [0.29, 0.717) is 16.7 Å². The molecule has 1 aromatic carbocycles. The average Bonchev–Trinajstić information content (AvgIpc) is 2.59. The number of carboxylic acids is 1. The maximum absolute atomic E-state index is 10.6. The summed E-state index contributed by atoms with van der Waals surface area (Å²) in [5.74, 6) is -0.717. The Kier molecular flexibility index (Phi) is 1.85. The smallest absolute Gasteiger partial charge is 0.119 e. The molecule has 0 amide bonds. The Morgan fingerprint density at radius 2 is 2.36 bits per heavy atom. The number of methoxy groups -OCH3 is 1. The van der Waals surface area contributed by atoms with E-state index in [-0.39, 0.29) is 5.69 Å². The zero-order valence-corrected chi connectivity index (χ0v) is 7.40. The van der Waals surface area contributed by atoms with E-state index in [9.17, 15) is 9.90 Å². The molecule has 1 heterocycles. The summed E-state index contributed by atoms with van der Waals surface area (Å²) >= 11 is 0. The summed E-state index contributed by atoms with van der Waals surface area (Å²) < 4.78 is 4.97. The van der Waals surface area contributed by atoms with Crippen LogP contribution in [0.1, 0.15) is 10.5 Å². The number of ether oxygens (including phenoxy) is 1. The molecule has 2 aromatic rings. The molecule has 0 aliphatic rings. The number of aromatic amines is 1. The summed E-state index contributed by atoms with van der Waals surface area (Å²) in [6, 6.07) is 5.02. The molecule has 14 heavy (non-hydrogen) atoms. The molecule has 0 saturated carbocycles. The van der Waals surface area contributed by atoms with E-state index >= 15 is 0 Å². The van der Waals surface area contributed by atoms with Gasteiger partial charge in [0.05, 0.1) is 18.6 Å². The van der Waals surface area contributed by atoms with Gasteiger partial charge in [-0.15, -0.1) is 0 Å². The Morgan fingerprint density at radius 1 is 1.57 bits per heavy atom. The number of aromatic nitrogens is 2. The maximum atomic E-state index is 10.6.